The van der Waals surface area contributed by atoms with Crippen LogP contribution in [-0.2, 0) is 6.54 Å². The maximum Gasteiger partial charge on any atom is 0.250 e. The van der Waals surface area contributed by atoms with E-state index >= 15 is 0 Å². The van der Waals surface area contributed by atoms with E-state index in [1.807, 2.05) is 0 Å². The van der Waals surface area contributed by atoms with Gasteiger partial charge in [0.15, 0.2) is 0 Å². The van der Waals surface area contributed by atoms with Gasteiger partial charge < -0.3 is 10.3 Å². The SMILES string of the molecule is Nc1ccc(=O)n(CCSc2ccc(F)cc2F)c1. The summed E-state index contributed by atoms with van der Waals surface area (Å²) in [6.07, 6.45) is 1.55. The summed E-state index contributed by atoms with van der Waals surface area (Å²) in [4.78, 5) is 11.9. The van der Waals surface area contributed by atoms with Gasteiger partial charge in [-0.1, -0.05) is 0 Å². The molecule has 0 amide bonds. The number of aromatic nitrogens is 1. The van der Waals surface area contributed by atoms with Crippen molar-refractivity contribution < 1.29 is 8.78 Å². The van der Waals surface area contributed by atoms with E-state index in [-0.39, 0.29) is 5.56 Å². The van der Waals surface area contributed by atoms with Gasteiger partial charge in [0.1, 0.15) is 11.6 Å². The Kier molecular flexibility index (Phi) is 4.21. The molecule has 0 saturated carbocycles. The second-order valence-corrected chi connectivity index (χ2v) is 5.05. The van der Waals surface area contributed by atoms with Crippen LogP contribution >= 0.6 is 11.8 Å². The largest absolute Gasteiger partial charge is 0.398 e. The first-order chi connectivity index (χ1) is 9.06. The molecular weight excluding hydrogens is 270 g/mol. The Bertz CT molecular complexity index is 643. The number of halogens is 2. The third-order valence-electron chi connectivity index (χ3n) is 2.49. The van der Waals surface area contributed by atoms with Crippen LogP contribution in [0.3, 0.4) is 0 Å². The van der Waals surface area contributed by atoms with Gasteiger partial charge in [0.2, 0.25) is 0 Å². The zero-order valence-electron chi connectivity index (χ0n) is 9.98. The molecule has 2 N–H and O–H groups in total. The molecule has 0 unspecified atom stereocenters. The maximum atomic E-state index is 13.4. The number of hydrogen-bond donors (Lipinski definition) is 1. The Balaban J connectivity index is 2.00. The molecular formula is C13H12F2N2OS. The van der Waals surface area contributed by atoms with E-state index in [0.29, 0.717) is 22.9 Å². The number of anilines is 1. The van der Waals surface area contributed by atoms with E-state index in [1.54, 1.807) is 6.20 Å². The smallest absolute Gasteiger partial charge is 0.250 e. The summed E-state index contributed by atoms with van der Waals surface area (Å²) >= 11 is 1.22. The first kappa shape index (κ1) is 13.6. The highest BCUT2D eigenvalue weighted by Crippen LogP contribution is 2.22. The number of nitrogens with zero attached hydrogens (tertiary/aromatic N) is 1. The minimum Gasteiger partial charge on any atom is -0.398 e. The Labute approximate surface area is 113 Å². The zero-order valence-corrected chi connectivity index (χ0v) is 10.8. The van der Waals surface area contributed by atoms with Crippen LogP contribution in [0.1, 0.15) is 0 Å². The van der Waals surface area contributed by atoms with Crippen LogP contribution in [0.15, 0.2) is 46.2 Å². The molecule has 1 heterocycles. The fourth-order valence-electron chi connectivity index (χ4n) is 1.57. The van der Waals surface area contributed by atoms with Crippen LogP contribution < -0.4 is 11.3 Å². The number of rotatable bonds is 4. The van der Waals surface area contributed by atoms with Gasteiger partial charge in [0.05, 0.1) is 0 Å². The lowest BCUT2D eigenvalue weighted by atomic mass is 10.3. The Morgan fingerprint density at radius 2 is 2.00 bits per heavy atom. The summed E-state index contributed by atoms with van der Waals surface area (Å²) in [5, 5.41) is 0. The lowest BCUT2D eigenvalue weighted by Gasteiger charge is -2.07. The van der Waals surface area contributed by atoms with E-state index in [9.17, 15) is 13.6 Å². The number of benzene rings is 1. The highest BCUT2D eigenvalue weighted by Gasteiger charge is 2.04. The van der Waals surface area contributed by atoms with Crippen LogP contribution in [0.2, 0.25) is 0 Å². The normalized spacial score (nSPS) is 10.6. The summed E-state index contributed by atoms with van der Waals surface area (Å²) in [5.74, 6) is -0.704. The molecule has 1 aromatic carbocycles. The van der Waals surface area contributed by atoms with Crippen molar-refractivity contribution in [2.24, 2.45) is 0 Å². The zero-order chi connectivity index (χ0) is 13.8. The predicted octanol–water partition coefficient (Wildman–Crippen LogP) is 2.50. The molecule has 3 nitrogen and oxygen atoms in total. The molecule has 2 aromatic rings. The van der Waals surface area contributed by atoms with Gasteiger partial charge >= 0.3 is 0 Å². The Morgan fingerprint density at radius 1 is 1.21 bits per heavy atom. The molecule has 0 aliphatic heterocycles. The van der Waals surface area contributed by atoms with Crippen LogP contribution in [0.25, 0.3) is 0 Å². The molecule has 2 rings (SSSR count). The summed E-state index contributed by atoms with van der Waals surface area (Å²) in [7, 11) is 0. The monoisotopic (exact) mass is 282 g/mol. The molecule has 0 radical (unpaired) electrons. The van der Waals surface area contributed by atoms with Crippen molar-refractivity contribution >= 4 is 17.4 Å². The van der Waals surface area contributed by atoms with E-state index in [0.717, 1.165) is 6.07 Å². The summed E-state index contributed by atoms with van der Waals surface area (Å²) < 4.78 is 27.6. The van der Waals surface area contributed by atoms with Gasteiger partial charge in [0.25, 0.3) is 5.56 Å². The number of hydrogen-bond acceptors (Lipinski definition) is 3. The topological polar surface area (TPSA) is 48.0 Å². The summed E-state index contributed by atoms with van der Waals surface area (Å²) in [5.41, 5.74) is 5.92. The van der Waals surface area contributed by atoms with E-state index in [2.05, 4.69) is 0 Å². The first-order valence-electron chi connectivity index (χ1n) is 5.60. The molecule has 0 fully saturated rings. The van der Waals surface area contributed by atoms with Gasteiger partial charge in [-0.3, -0.25) is 4.79 Å². The summed E-state index contributed by atoms with van der Waals surface area (Å²) in [6, 6.07) is 6.36. The number of thioether (sulfide) groups is 1. The molecule has 0 spiro atoms. The van der Waals surface area contributed by atoms with E-state index in [4.69, 9.17) is 5.73 Å². The van der Waals surface area contributed by atoms with Crippen molar-refractivity contribution in [3.8, 4) is 0 Å². The fraction of sp³-hybridized carbons (Fsp3) is 0.154. The van der Waals surface area contributed by atoms with Gasteiger partial charge in [0, 0.05) is 41.2 Å². The molecule has 0 bridgehead atoms. The first-order valence-corrected chi connectivity index (χ1v) is 6.58. The Morgan fingerprint density at radius 3 is 2.74 bits per heavy atom. The van der Waals surface area contributed by atoms with E-state index < -0.39 is 11.6 Å². The van der Waals surface area contributed by atoms with Gasteiger partial charge in [-0.05, 0) is 18.2 Å². The van der Waals surface area contributed by atoms with E-state index in [1.165, 1.54) is 40.6 Å². The molecule has 19 heavy (non-hydrogen) atoms. The highest BCUT2D eigenvalue weighted by molar-refractivity contribution is 7.99. The maximum absolute atomic E-state index is 13.4. The molecule has 100 valence electrons. The van der Waals surface area contributed by atoms with Crippen molar-refractivity contribution in [3.05, 3.63) is 58.5 Å². The summed E-state index contributed by atoms with van der Waals surface area (Å²) in [6.45, 7) is 0.408. The van der Waals surface area contributed by atoms with Gasteiger partial charge in [-0.15, -0.1) is 11.8 Å². The van der Waals surface area contributed by atoms with Gasteiger partial charge in [-0.2, -0.15) is 0 Å². The lowest BCUT2D eigenvalue weighted by molar-refractivity contribution is 0.565. The predicted molar refractivity (Wildman–Crippen MR) is 72.2 cm³/mol. The molecule has 6 heteroatoms. The number of nitrogen functional groups attached to an aromatic ring is 1. The number of pyridine rings is 1. The third kappa shape index (κ3) is 3.57. The van der Waals surface area contributed by atoms with Crippen LogP contribution in [0, 0.1) is 11.6 Å². The molecule has 0 aliphatic carbocycles. The third-order valence-corrected chi connectivity index (χ3v) is 3.52. The molecule has 1 aromatic heterocycles. The standard InChI is InChI=1S/C13H12F2N2OS/c14-9-1-3-12(11(15)7-9)19-6-5-17-8-10(16)2-4-13(17)18/h1-4,7-8H,5-6,16H2. The van der Waals surface area contributed by atoms with Crippen molar-refractivity contribution in [1.29, 1.82) is 0 Å². The Hall–Kier alpha value is -1.82. The van der Waals surface area contributed by atoms with Crippen LogP contribution in [-0.4, -0.2) is 10.3 Å². The van der Waals surface area contributed by atoms with Crippen LogP contribution in [0.5, 0.6) is 0 Å². The second-order valence-electron chi connectivity index (χ2n) is 3.92. The van der Waals surface area contributed by atoms with Crippen molar-refractivity contribution in [3.63, 3.8) is 0 Å². The fourth-order valence-corrected chi connectivity index (χ4v) is 2.44. The highest BCUT2D eigenvalue weighted by atomic mass is 32.2. The molecule has 0 atom stereocenters. The molecule has 0 aliphatic rings. The van der Waals surface area contributed by atoms with Crippen LogP contribution in [0.4, 0.5) is 14.5 Å². The quantitative estimate of drug-likeness (QED) is 0.877. The minimum atomic E-state index is -0.603. The minimum absolute atomic E-state index is 0.158. The second kappa shape index (κ2) is 5.88. The number of aryl methyl sites for hydroxylation is 1. The average molecular weight is 282 g/mol. The van der Waals surface area contributed by atoms with Crippen molar-refractivity contribution in [2.45, 2.75) is 11.4 Å². The average Bonchev–Trinajstić information content (AvgIpc) is 2.36. The molecule has 0 saturated heterocycles. The van der Waals surface area contributed by atoms with Crippen molar-refractivity contribution in [2.75, 3.05) is 11.5 Å². The lowest BCUT2D eigenvalue weighted by Crippen LogP contribution is -2.19. The van der Waals surface area contributed by atoms with Crippen molar-refractivity contribution in [1.82, 2.24) is 4.57 Å². The van der Waals surface area contributed by atoms with Gasteiger partial charge in [-0.25, -0.2) is 8.78 Å². The number of nitrogens with two attached hydrogens (primary N) is 1.